The summed E-state index contributed by atoms with van der Waals surface area (Å²) in [5, 5.41) is 9.84. The quantitative estimate of drug-likeness (QED) is 0.813. The Morgan fingerprint density at radius 3 is 2.33 bits per heavy atom. The molecular weight excluding hydrogens is 390 g/mol. The van der Waals surface area contributed by atoms with Crippen LogP contribution in [0.3, 0.4) is 0 Å². The van der Waals surface area contributed by atoms with Crippen molar-refractivity contribution in [1.82, 2.24) is 14.1 Å². The molecule has 2 aliphatic heterocycles. The minimum Gasteiger partial charge on any atom is -0.465 e. The molecule has 0 saturated carbocycles. The van der Waals surface area contributed by atoms with E-state index >= 15 is 0 Å². The average Bonchev–Trinajstić information content (AvgIpc) is 2.63. The van der Waals surface area contributed by atoms with E-state index in [1.807, 2.05) is 24.3 Å². The number of piperidine rings is 1. The van der Waals surface area contributed by atoms with Crippen LogP contribution in [0.5, 0.6) is 0 Å². The van der Waals surface area contributed by atoms with E-state index in [2.05, 4.69) is 4.90 Å². The van der Waals surface area contributed by atoms with Crippen LogP contribution in [0.15, 0.2) is 24.3 Å². The number of carbonyl (C=O) groups is 1. The van der Waals surface area contributed by atoms with Crippen LogP contribution in [0.25, 0.3) is 0 Å². The SMILES string of the molecule is CS(=O)(=O)N1CCN(C2CCN(C(=O)O)CC2)C(Cc2ccc(Cl)cc2)C1. The first kappa shape index (κ1) is 20.4. The number of hydrogen-bond acceptors (Lipinski definition) is 4. The van der Waals surface area contributed by atoms with E-state index in [-0.39, 0.29) is 12.1 Å². The second kappa shape index (κ2) is 8.34. The molecule has 1 aromatic rings. The molecule has 1 aromatic carbocycles. The Hall–Kier alpha value is -1.35. The summed E-state index contributed by atoms with van der Waals surface area (Å²) in [7, 11) is -3.23. The molecule has 2 aliphatic rings. The predicted molar refractivity (Wildman–Crippen MR) is 105 cm³/mol. The fourth-order valence-electron chi connectivity index (χ4n) is 4.09. The van der Waals surface area contributed by atoms with Crippen molar-refractivity contribution in [3.63, 3.8) is 0 Å². The van der Waals surface area contributed by atoms with Crippen molar-refractivity contribution in [2.24, 2.45) is 0 Å². The van der Waals surface area contributed by atoms with Crippen molar-refractivity contribution in [1.29, 1.82) is 0 Å². The van der Waals surface area contributed by atoms with Gasteiger partial charge in [-0.1, -0.05) is 23.7 Å². The Morgan fingerprint density at radius 2 is 1.78 bits per heavy atom. The lowest BCUT2D eigenvalue weighted by molar-refractivity contribution is 0.0384. The summed E-state index contributed by atoms with van der Waals surface area (Å²) in [4.78, 5) is 15.0. The van der Waals surface area contributed by atoms with Crippen molar-refractivity contribution in [2.75, 3.05) is 39.0 Å². The Balaban J connectivity index is 1.74. The zero-order valence-electron chi connectivity index (χ0n) is 15.4. The largest absolute Gasteiger partial charge is 0.465 e. The molecule has 1 unspecified atom stereocenters. The van der Waals surface area contributed by atoms with E-state index in [0.717, 1.165) is 24.8 Å². The summed E-state index contributed by atoms with van der Waals surface area (Å²) in [6.07, 6.45) is 2.69. The van der Waals surface area contributed by atoms with Crippen LogP contribution in [0, 0.1) is 0 Å². The number of halogens is 1. The number of sulfonamides is 1. The number of piperazine rings is 1. The average molecular weight is 416 g/mol. The number of benzene rings is 1. The lowest BCUT2D eigenvalue weighted by Gasteiger charge is -2.46. The molecule has 150 valence electrons. The molecule has 0 aromatic heterocycles. The second-order valence-electron chi connectivity index (χ2n) is 7.34. The first-order chi connectivity index (χ1) is 12.7. The van der Waals surface area contributed by atoms with Crippen molar-refractivity contribution >= 4 is 27.7 Å². The number of likely N-dealkylation sites (tertiary alicyclic amines) is 1. The van der Waals surface area contributed by atoms with Gasteiger partial charge in [-0.05, 0) is 37.0 Å². The predicted octanol–water partition coefficient (Wildman–Crippen LogP) is 1.97. The highest BCUT2D eigenvalue weighted by Crippen LogP contribution is 2.25. The lowest BCUT2D eigenvalue weighted by atomic mass is 9.96. The zero-order chi connectivity index (χ0) is 19.6. The molecule has 1 amide bonds. The number of carboxylic acid groups (broad SMARTS) is 1. The topological polar surface area (TPSA) is 81.2 Å². The molecule has 7 nitrogen and oxygen atoms in total. The molecule has 2 fully saturated rings. The fraction of sp³-hybridized carbons (Fsp3) is 0.611. The number of nitrogens with zero attached hydrogens (tertiary/aromatic N) is 3. The maximum Gasteiger partial charge on any atom is 0.407 e. The maximum atomic E-state index is 12.0. The molecule has 2 saturated heterocycles. The van der Waals surface area contributed by atoms with Crippen LogP contribution in [0.2, 0.25) is 5.02 Å². The van der Waals surface area contributed by atoms with Crippen LogP contribution in [-0.2, 0) is 16.4 Å². The third kappa shape index (κ3) is 5.13. The van der Waals surface area contributed by atoms with Gasteiger partial charge in [0.1, 0.15) is 0 Å². The molecule has 0 spiro atoms. The van der Waals surface area contributed by atoms with Gasteiger partial charge in [0.05, 0.1) is 6.26 Å². The van der Waals surface area contributed by atoms with Gasteiger partial charge in [0.25, 0.3) is 0 Å². The van der Waals surface area contributed by atoms with Crippen LogP contribution < -0.4 is 0 Å². The molecule has 0 aliphatic carbocycles. The minimum atomic E-state index is -3.23. The Morgan fingerprint density at radius 1 is 1.15 bits per heavy atom. The van der Waals surface area contributed by atoms with E-state index in [1.54, 1.807) is 4.31 Å². The fourth-order valence-corrected chi connectivity index (χ4v) is 5.07. The molecule has 0 bridgehead atoms. The number of rotatable bonds is 4. The second-order valence-corrected chi connectivity index (χ2v) is 9.76. The molecule has 27 heavy (non-hydrogen) atoms. The standard InChI is InChI=1S/C18H26ClN3O4S/c1-27(25,26)21-10-11-22(16-6-8-20(9-7-16)18(23)24)17(13-21)12-14-2-4-15(19)5-3-14/h2-5,16-17H,6-13H2,1H3,(H,23,24). The molecule has 3 rings (SSSR count). The smallest absolute Gasteiger partial charge is 0.407 e. The first-order valence-corrected chi connectivity index (χ1v) is 11.4. The van der Waals surface area contributed by atoms with Gasteiger partial charge in [0, 0.05) is 49.8 Å². The van der Waals surface area contributed by atoms with E-state index in [4.69, 9.17) is 16.7 Å². The molecular formula is C18H26ClN3O4S. The summed E-state index contributed by atoms with van der Waals surface area (Å²) < 4.78 is 25.6. The Kier molecular flexibility index (Phi) is 6.30. The van der Waals surface area contributed by atoms with E-state index in [1.165, 1.54) is 11.2 Å². The monoisotopic (exact) mass is 415 g/mol. The minimum absolute atomic E-state index is 0.0658. The highest BCUT2D eigenvalue weighted by Gasteiger charge is 2.36. The Labute approximate surface area is 165 Å². The molecule has 1 N–H and O–H groups in total. The maximum absolute atomic E-state index is 12.0. The van der Waals surface area contributed by atoms with Crippen molar-refractivity contribution in [3.05, 3.63) is 34.9 Å². The molecule has 2 heterocycles. The van der Waals surface area contributed by atoms with Gasteiger partial charge in [-0.3, -0.25) is 4.90 Å². The van der Waals surface area contributed by atoms with Crippen molar-refractivity contribution in [3.8, 4) is 0 Å². The summed E-state index contributed by atoms with van der Waals surface area (Å²) in [5.74, 6) is 0. The van der Waals surface area contributed by atoms with Gasteiger partial charge in [-0.2, -0.15) is 4.31 Å². The summed E-state index contributed by atoms with van der Waals surface area (Å²) in [6.45, 7) is 2.67. The van der Waals surface area contributed by atoms with Gasteiger partial charge in [-0.25, -0.2) is 13.2 Å². The highest BCUT2D eigenvalue weighted by molar-refractivity contribution is 7.88. The van der Waals surface area contributed by atoms with E-state index in [0.29, 0.717) is 37.7 Å². The normalized spacial score (nSPS) is 23.5. The summed E-state index contributed by atoms with van der Waals surface area (Å²) >= 11 is 5.98. The third-order valence-electron chi connectivity index (χ3n) is 5.55. The first-order valence-electron chi connectivity index (χ1n) is 9.17. The third-order valence-corrected chi connectivity index (χ3v) is 7.07. The Bertz CT molecular complexity index is 763. The zero-order valence-corrected chi connectivity index (χ0v) is 17.0. The van der Waals surface area contributed by atoms with Gasteiger partial charge >= 0.3 is 6.09 Å². The van der Waals surface area contributed by atoms with E-state index in [9.17, 15) is 13.2 Å². The van der Waals surface area contributed by atoms with Crippen LogP contribution in [0.4, 0.5) is 4.79 Å². The van der Waals surface area contributed by atoms with Crippen LogP contribution in [-0.4, -0.2) is 84.8 Å². The number of amides is 1. The molecule has 9 heteroatoms. The molecule has 1 atom stereocenters. The van der Waals surface area contributed by atoms with Gasteiger partial charge in [-0.15, -0.1) is 0 Å². The summed E-state index contributed by atoms with van der Waals surface area (Å²) in [5.41, 5.74) is 1.12. The number of hydrogen-bond donors (Lipinski definition) is 1. The van der Waals surface area contributed by atoms with Crippen molar-refractivity contribution < 1.29 is 18.3 Å². The van der Waals surface area contributed by atoms with Crippen LogP contribution >= 0.6 is 11.6 Å². The molecule has 0 radical (unpaired) electrons. The lowest BCUT2D eigenvalue weighted by Crippen LogP contribution is -2.60. The van der Waals surface area contributed by atoms with Crippen LogP contribution in [0.1, 0.15) is 18.4 Å². The van der Waals surface area contributed by atoms with Gasteiger partial charge < -0.3 is 10.0 Å². The van der Waals surface area contributed by atoms with Crippen molar-refractivity contribution in [2.45, 2.75) is 31.3 Å². The highest BCUT2D eigenvalue weighted by atomic mass is 35.5. The summed E-state index contributed by atoms with van der Waals surface area (Å²) in [6, 6.07) is 8.00. The van der Waals surface area contributed by atoms with Gasteiger partial charge in [0.2, 0.25) is 10.0 Å². The van der Waals surface area contributed by atoms with E-state index < -0.39 is 16.1 Å². The van der Waals surface area contributed by atoms with Gasteiger partial charge in [0.15, 0.2) is 0 Å².